The smallest absolute Gasteiger partial charge is 0.790 e. The minimum atomic E-state index is -5.68. The molecule has 0 heterocycles. The van der Waals surface area contributed by atoms with Crippen molar-refractivity contribution >= 4 is 23.6 Å². The van der Waals surface area contributed by atoms with E-state index < -0.39 is 23.6 Å². The maximum atomic E-state index is 10.2. The zero-order valence-corrected chi connectivity index (χ0v) is 23.5. The van der Waals surface area contributed by atoms with E-state index in [2.05, 4.69) is 4.31 Å². The first-order chi connectivity index (χ1) is 5.71. The van der Waals surface area contributed by atoms with Gasteiger partial charge in [-0.3, -0.25) is 4.57 Å². The zero-order valence-electron chi connectivity index (χ0n) is 10.8. The summed E-state index contributed by atoms with van der Waals surface area (Å²) in [5.74, 6) is 0. The number of halogens is 1. The van der Waals surface area contributed by atoms with Crippen molar-refractivity contribution < 1.29 is 199 Å². The second-order valence-electron chi connectivity index (χ2n) is 1.43. The van der Waals surface area contributed by atoms with E-state index in [1.54, 1.807) is 0 Å². The Kier molecular flexibility index (Phi) is 45.6. The maximum absolute atomic E-state index is 10.2. The molecule has 88 valence electrons. The van der Waals surface area contributed by atoms with E-state index in [1.807, 2.05) is 0 Å². The van der Waals surface area contributed by atoms with Crippen LogP contribution in [0, 0.1) is 0 Å². The molecule has 0 fully saturated rings. The molecule has 0 aromatic rings. The normalized spacial score (nSPS) is 12.2. The first-order valence-electron chi connectivity index (χ1n) is 2.19. The summed E-state index contributed by atoms with van der Waals surface area (Å²) in [6.45, 7) is 0. The molecular weight excluding hydrogens is 387 g/mol. The Hall–Kier alpha value is 5.34. The van der Waals surface area contributed by atoms with Crippen LogP contribution in [-0.4, -0.2) is 4.89 Å². The van der Waals surface area contributed by atoms with Crippen LogP contribution in [0.3, 0.4) is 0 Å². The van der Waals surface area contributed by atoms with Gasteiger partial charge in [-0.1, -0.05) is 0 Å². The van der Waals surface area contributed by atoms with Crippen molar-refractivity contribution in [2.24, 2.45) is 0 Å². The van der Waals surface area contributed by atoms with Crippen LogP contribution in [-0.2, 0) is 18.0 Å². The second-order valence-corrected chi connectivity index (χ2v) is 4.77. The molecule has 1 atom stereocenters. The zero-order chi connectivity index (χ0) is 12.2. The van der Waals surface area contributed by atoms with Gasteiger partial charge in [-0.15, -0.1) is 0 Å². The summed E-state index contributed by atoms with van der Waals surface area (Å²) in [4.78, 5) is 52.7. The van der Waals surface area contributed by atoms with Gasteiger partial charge in [-0.05, 0) is 0 Å². The van der Waals surface area contributed by atoms with E-state index in [0.29, 0.717) is 0 Å². The van der Waals surface area contributed by atoms with E-state index >= 15 is 0 Å². The first kappa shape index (κ1) is 44.1. The van der Waals surface area contributed by atoms with E-state index in [-0.39, 0.29) is 148 Å². The molecule has 0 aromatic carbocycles. The summed E-state index contributed by atoms with van der Waals surface area (Å²) < 4.78 is 40.0. The molecule has 10 nitrogen and oxygen atoms in total. The van der Waals surface area contributed by atoms with Crippen molar-refractivity contribution in [3.63, 3.8) is 0 Å². The van der Waals surface area contributed by atoms with Crippen LogP contribution in [0.1, 0.15) is 0 Å². The van der Waals surface area contributed by atoms with Crippen molar-refractivity contribution in [1.82, 2.24) is 0 Å². The first-order valence-corrected chi connectivity index (χ1v) is 6.58. The Labute approximate surface area is 218 Å². The molecule has 0 aromatic heterocycles. The molecule has 0 aliphatic rings. The predicted molar refractivity (Wildman–Crippen MR) is 27.2 cm³/mol. The van der Waals surface area contributed by atoms with Crippen LogP contribution in [0.15, 0.2) is 0 Å². The molecule has 0 aliphatic heterocycles. The average molecular weight is 388 g/mol. The third kappa shape index (κ3) is 82.7. The molecule has 19 heavy (non-hydrogen) atoms. The minimum absolute atomic E-state index is 0. The van der Waals surface area contributed by atoms with Crippen molar-refractivity contribution in [2.75, 3.05) is 0 Å². The van der Waals surface area contributed by atoms with Crippen molar-refractivity contribution in [2.45, 2.75) is 0 Å². The summed E-state index contributed by atoms with van der Waals surface area (Å²) in [6, 6.07) is 0. The Morgan fingerprint density at radius 1 is 0.737 bits per heavy atom. The molecule has 0 rings (SSSR count). The molecular formula is HFNa5O10P3. The van der Waals surface area contributed by atoms with E-state index in [0.717, 1.165) is 0 Å². The van der Waals surface area contributed by atoms with Crippen LogP contribution >= 0.6 is 23.6 Å². The molecule has 0 bridgehead atoms. The molecule has 0 amide bonds. The van der Waals surface area contributed by atoms with Crippen LogP contribution in [0.5, 0.6) is 0 Å². The van der Waals surface area contributed by atoms with Gasteiger partial charge in [0.2, 0.25) is 0 Å². The Bertz CT molecular complexity index is 274. The maximum Gasteiger partial charge on any atom is 1.00 e. The molecule has 0 radical (unpaired) electrons. The minimum Gasteiger partial charge on any atom is -0.790 e. The Morgan fingerprint density at radius 2 is 0.842 bits per heavy atom. The van der Waals surface area contributed by atoms with Gasteiger partial charge in [0.1, 0.15) is 0 Å². The average Bonchev–Trinajstić information content (AvgIpc) is 1.42. The van der Waals surface area contributed by atoms with Gasteiger partial charge in [-0.25, -0.2) is 0 Å². The van der Waals surface area contributed by atoms with E-state index in [9.17, 15) is 32.9 Å². The largest absolute Gasteiger partial charge is 1.00 e. The van der Waals surface area contributed by atoms with Gasteiger partial charge in [0.25, 0.3) is 0 Å². The number of hydrogen-bond donors (Lipinski definition) is 1. The third-order valence-electron chi connectivity index (χ3n) is 0.200. The molecule has 1 unspecified atom stereocenters. The van der Waals surface area contributed by atoms with Crippen molar-refractivity contribution in [1.29, 1.82) is 0 Å². The molecule has 0 spiro atoms. The molecule has 19 heteroatoms. The van der Waals surface area contributed by atoms with Gasteiger partial charge in [0.05, 0.1) is 15.6 Å². The van der Waals surface area contributed by atoms with Crippen LogP contribution in [0.4, 0.5) is 4.20 Å². The van der Waals surface area contributed by atoms with Crippen molar-refractivity contribution in [3.05, 3.63) is 0 Å². The fraction of sp³-hybridized carbons (Fsp3) is 0. The fourth-order valence-electron chi connectivity index (χ4n) is 0.122. The summed E-state index contributed by atoms with van der Waals surface area (Å²) >= 11 is 0. The molecule has 0 saturated heterocycles. The topological polar surface area (TPSA) is 196 Å². The number of rotatable bonds is 2. The summed E-state index contributed by atoms with van der Waals surface area (Å²) in [7, 11) is -16.7. The SMILES string of the molecule is O=P([O-])(O)F.O=P([O-])([O-])OP(=O)([O-])[O-].[Na+].[Na+].[Na+].[Na+].[Na+]. The fourth-order valence-corrected chi connectivity index (χ4v) is 1.10. The molecule has 0 saturated carbocycles. The quantitative estimate of drug-likeness (QED) is 0.350. The Balaban J connectivity index is -0.0000000261. The van der Waals surface area contributed by atoms with Crippen LogP contribution in [0.2, 0.25) is 0 Å². The number of phosphoric acid groups is 2. The third-order valence-corrected chi connectivity index (χ3v) is 1.80. The molecule has 1 N–H and O–H groups in total. The standard InChI is InChI=1S/FH2O3P.5Na.H4O7P2/c1-5(2,3)4;;;;;;1-8(2,3)7-9(4,5)6/h(H2,2,3,4);;;;;;(H2,1,2,3)(H2,4,5,6)/q;5*+1;/p-5. The summed E-state index contributed by atoms with van der Waals surface area (Å²) in [6.07, 6.45) is 0. The van der Waals surface area contributed by atoms with Crippen molar-refractivity contribution in [3.8, 4) is 0 Å². The Morgan fingerprint density at radius 3 is 0.842 bits per heavy atom. The van der Waals surface area contributed by atoms with Gasteiger partial charge in [0, 0.05) is 0 Å². The van der Waals surface area contributed by atoms with Crippen LogP contribution < -0.4 is 172 Å². The monoisotopic (exact) mass is 388 g/mol. The summed E-state index contributed by atoms with van der Waals surface area (Å²) in [5.41, 5.74) is 0. The van der Waals surface area contributed by atoms with Gasteiger partial charge < -0.3 is 42.8 Å². The van der Waals surface area contributed by atoms with Gasteiger partial charge in [0.15, 0.2) is 0 Å². The number of hydrogen-bond acceptors (Lipinski definition) is 9. The predicted octanol–water partition coefficient (Wildman–Crippen LogP) is -18.9. The second kappa shape index (κ2) is 19.7. The van der Waals surface area contributed by atoms with E-state index in [4.69, 9.17) is 14.4 Å². The van der Waals surface area contributed by atoms with Gasteiger partial charge in [-0.2, -0.15) is 4.20 Å². The summed E-state index contributed by atoms with van der Waals surface area (Å²) in [5, 5.41) is 0. The van der Waals surface area contributed by atoms with Gasteiger partial charge >= 0.3 is 156 Å². The van der Waals surface area contributed by atoms with E-state index in [1.165, 1.54) is 0 Å². The molecule has 0 aliphatic carbocycles. The van der Waals surface area contributed by atoms with Crippen LogP contribution in [0.25, 0.3) is 0 Å².